The molecule has 0 radical (unpaired) electrons. The monoisotopic (exact) mass is 334 g/mol. The predicted octanol–water partition coefficient (Wildman–Crippen LogP) is 1.11. The topological polar surface area (TPSA) is 51.2 Å². The smallest absolute Gasteiger partial charge is 0.260 e. The molecule has 6 nitrogen and oxygen atoms in total. The maximum absolute atomic E-state index is 12.5. The molecule has 2 saturated heterocycles. The molecule has 3 rings (SSSR count). The Balaban J connectivity index is 1.54. The van der Waals surface area contributed by atoms with Crippen molar-refractivity contribution < 1.29 is 19.0 Å². The SMILES string of the molecule is COc1ccccc1OCC(=O)N1C[C@@H]2[C@H](CN(C)C)CO[C@@H]2C1. The number of rotatable bonds is 6. The standard InChI is InChI=1S/C18H26N2O4/c1-19(2)8-13-11-23-17-10-20(9-14(13)17)18(21)12-24-16-7-5-4-6-15(16)22-3/h4-7,13-14,17H,8-12H2,1-3H3/t13-,14-,17-/m1/s1. The first kappa shape index (κ1) is 17.0. The Morgan fingerprint density at radius 3 is 2.75 bits per heavy atom. The van der Waals surface area contributed by atoms with Gasteiger partial charge in [-0.25, -0.2) is 0 Å². The van der Waals surface area contributed by atoms with Crippen LogP contribution in [0.25, 0.3) is 0 Å². The maximum Gasteiger partial charge on any atom is 0.260 e. The first-order chi connectivity index (χ1) is 11.6. The highest BCUT2D eigenvalue weighted by molar-refractivity contribution is 5.78. The summed E-state index contributed by atoms with van der Waals surface area (Å²) >= 11 is 0. The fourth-order valence-electron chi connectivity index (χ4n) is 3.63. The van der Waals surface area contributed by atoms with E-state index in [9.17, 15) is 4.79 Å². The van der Waals surface area contributed by atoms with Gasteiger partial charge in [0.2, 0.25) is 0 Å². The molecule has 6 heteroatoms. The fraction of sp³-hybridized carbons (Fsp3) is 0.611. The van der Waals surface area contributed by atoms with Crippen molar-refractivity contribution in [1.82, 2.24) is 9.80 Å². The molecule has 2 fully saturated rings. The van der Waals surface area contributed by atoms with Crippen molar-refractivity contribution in [1.29, 1.82) is 0 Å². The Hall–Kier alpha value is -1.79. The molecule has 2 heterocycles. The number of likely N-dealkylation sites (tertiary alicyclic amines) is 1. The molecular weight excluding hydrogens is 308 g/mol. The van der Waals surface area contributed by atoms with Gasteiger partial charge in [-0.1, -0.05) is 12.1 Å². The molecule has 3 atom stereocenters. The van der Waals surface area contributed by atoms with Gasteiger partial charge in [0.05, 0.1) is 19.8 Å². The van der Waals surface area contributed by atoms with Gasteiger partial charge in [-0.15, -0.1) is 0 Å². The number of ether oxygens (including phenoxy) is 3. The number of hydrogen-bond acceptors (Lipinski definition) is 5. The van der Waals surface area contributed by atoms with E-state index < -0.39 is 0 Å². The van der Waals surface area contributed by atoms with E-state index in [1.807, 2.05) is 23.1 Å². The van der Waals surface area contributed by atoms with Gasteiger partial charge < -0.3 is 24.0 Å². The van der Waals surface area contributed by atoms with Crippen LogP contribution in [0.4, 0.5) is 0 Å². The lowest BCUT2D eigenvalue weighted by molar-refractivity contribution is -0.133. The lowest BCUT2D eigenvalue weighted by Crippen LogP contribution is -2.36. The Morgan fingerprint density at radius 1 is 1.29 bits per heavy atom. The molecular formula is C18H26N2O4. The zero-order chi connectivity index (χ0) is 17.1. The van der Waals surface area contributed by atoms with Crippen LogP contribution in [0.1, 0.15) is 0 Å². The van der Waals surface area contributed by atoms with Gasteiger partial charge in [0.1, 0.15) is 0 Å². The summed E-state index contributed by atoms with van der Waals surface area (Å²) in [6.45, 7) is 3.26. The molecule has 1 aromatic carbocycles. The number of para-hydroxylation sites is 2. The van der Waals surface area contributed by atoms with E-state index in [0.29, 0.717) is 29.9 Å². The molecule has 132 valence electrons. The second-order valence-electron chi connectivity index (χ2n) is 6.80. The van der Waals surface area contributed by atoms with Crippen molar-refractivity contribution in [2.75, 3.05) is 54.1 Å². The van der Waals surface area contributed by atoms with Crippen LogP contribution in [0.3, 0.4) is 0 Å². The van der Waals surface area contributed by atoms with Gasteiger partial charge in [-0.3, -0.25) is 4.79 Å². The lowest BCUT2D eigenvalue weighted by Gasteiger charge is -2.22. The minimum Gasteiger partial charge on any atom is -0.493 e. The summed E-state index contributed by atoms with van der Waals surface area (Å²) in [4.78, 5) is 16.5. The third kappa shape index (κ3) is 3.65. The van der Waals surface area contributed by atoms with Crippen molar-refractivity contribution in [2.24, 2.45) is 11.8 Å². The number of fused-ring (bicyclic) bond motifs is 1. The van der Waals surface area contributed by atoms with Crippen LogP contribution in [0.5, 0.6) is 11.5 Å². The van der Waals surface area contributed by atoms with Gasteiger partial charge in [0, 0.05) is 31.5 Å². The van der Waals surface area contributed by atoms with E-state index in [0.717, 1.165) is 19.7 Å². The molecule has 0 aliphatic carbocycles. The second kappa shape index (κ2) is 7.40. The molecule has 0 N–H and O–H groups in total. The lowest BCUT2D eigenvalue weighted by atomic mass is 9.93. The van der Waals surface area contributed by atoms with Gasteiger partial charge in [0.25, 0.3) is 5.91 Å². The van der Waals surface area contributed by atoms with Crippen molar-refractivity contribution in [2.45, 2.75) is 6.10 Å². The van der Waals surface area contributed by atoms with Crippen molar-refractivity contribution in [3.05, 3.63) is 24.3 Å². The maximum atomic E-state index is 12.5. The van der Waals surface area contributed by atoms with Crippen LogP contribution in [0.15, 0.2) is 24.3 Å². The number of benzene rings is 1. The second-order valence-corrected chi connectivity index (χ2v) is 6.80. The molecule has 0 bridgehead atoms. The predicted molar refractivity (Wildman–Crippen MR) is 90.3 cm³/mol. The number of nitrogens with zero attached hydrogens (tertiary/aromatic N) is 2. The Bertz CT molecular complexity index is 578. The summed E-state index contributed by atoms with van der Waals surface area (Å²) in [6, 6.07) is 7.36. The number of amides is 1. The van der Waals surface area contributed by atoms with E-state index in [1.165, 1.54) is 0 Å². The van der Waals surface area contributed by atoms with Crippen LogP contribution in [-0.2, 0) is 9.53 Å². The van der Waals surface area contributed by atoms with Gasteiger partial charge in [-0.2, -0.15) is 0 Å². The minimum atomic E-state index is 0.00232. The highest BCUT2D eigenvalue weighted by Crippen LogP contribution is 2.34. The number of carbonyl (C=O) groups excluding carboxylic acids is 1. The zero-order valence-corrected chi connectivity index (χ0v) is 14.6. The summed E-state index contributed by atoms with van der Waals surface area (Å²) in [5.74, 6) is 2.16. The summed E-state index contributed by atoms with van der Waals surface area (Å²) in [7, 11) is 5.74. The van der Waals surface area contributed by atoms with E-state index in [-0.39, 0.29) is 18.6 Å². The van der Waals surface area contributed by atoms with Crippen LogP contribution in [0, 0.1) is 11.8 Å². The summed E-state index contributed by atoms with van der Waals surface area (Å²) in [6.07, 6.45) is 0.171. The quantitative estimate of drug-likeness (QED) is 0.780. The van der Waals surface area contributed by atoms with E-state index >= 15 is 0 Å². The highest BCUT2D eigenvalue weighted by Gasteiger charge is 2.45. The summed E-state index contributed by atoms with van der Waals surface area (Å²) in [5, 5.41) is 0. The normalized spacial score (nSPS) is 25.8. The third-order valence-corrected chi connectivity index (χ3v) is 4.81. The van der Waals surface area contributed by atoms with Crippen LogP contribution >= 0.6 is 0 Å². The molecule has 0 aromatic heterocycles. The number of carbonyl (C=O) groups is 1. The van der Waals surface area contributed by atoms with E-state index in [2.05, 4.69) is 19.0 Å². The largest absolute Gasteiger partial charge is 0.493 e. The molecule has 1 amide bonds. The minimum absolute atomic E-state index is 0.00232. The van der Waals surface area contributed by atoms with Crippen molar-refractivity contribution in [3.8, 4) is 11.5 Å². The molecule has 2 aliphatic rings. The Kier molecular flexibility index (Phi) is 5.26. The van der Waals surface area contributed by atoms with Crippen LogP contribution < -0.4 is 9.47 Å². The molecule has 0 unspecified atom stereocenters. The third-order valence-electron chi connectivity index (χ3n) is 4.81. The van der Waals surface area contributed by atoms with Crippen LogP contribution in [-0.4, -0.2) is 75.9 Å². The van der Waals surface area contributed by atoms with E-state index in [4.69, 9.17) is 14.2 Å². The average Bonchev–Trinajstić information content (AvgIpc) is 3.14. The first-order valence-corrected chi connectivity index (χ1v) is 8.38. The summed E-state index contributed by atoms with van der Waals surface area (Å²) < 4.78 is 16.8. The molecule has 2 aliphatic heterocycles. The van der Waals surface area contributed by atoms with Crippen molar-refractivity contribution in [3.63, 3.8) is 0 Å². The van der Waals surface area contributed by atoms with Crippen molar-refractivity contribution >= 4 is 5.91 Å². The Labute approximate surface area is 143 Å². The highest BCUT2D eigenvalue weighted by atomic mass is 16.5. The van der Waals surface area contributed by atoms with E-state index in [1.54, 1.807) is 13.2 Å². The zero-order valence-electron chi connectivity index (χ0n) is 14.6. The first-order valence-electron chi connectivity index (χ1n) is 8.38. The Morgan fingerprint density at radius 2 is 2.04 bits per heavy atom. The van der Waals surface area contributed by atoms with Gasteiger partial charge in [0.15, 0.2) is 18.1 Å². The fourth-order valence-corrected chi connectivity index (χ4v) is 3.63. The molecule has 1 aromatic rings. The van der Waals surface area contributed by atoms with Crippen LogP contribution in [0.2, 0.25) is 0 Å². The summed E-state index contributed by atoms with van der Waals surface area (Å²) in [5.41, 5.74) is 0. The molecule has 0 saturated carbocycles. The van der Waals surface area contributed by atoms with Gasteiger partial charge in [-0.05, 0) is 26.2 Å². The number of hydrogen-bond donors (Lipinski definition) is 0. The number of methoxy groups -OCH3 is 1. The molecule has 0 spiro atoms. The van der Waals surface area contributed by atoms with Gasteiger partial charge >= 0.3 is 0 Å². The molecule has 24 heavy (non-hydrogen) atoms. The average molecular weight is 334 g/mol.